The van der Waals surface area contributed by atoms with Gasteiger partial charge in [-0.05, 0) is 25.0 Å². The lowest BCUT2D eigenvalue weighted by atomic mass is 9.92. The molecule has 0 aromatic carbocycles. The van der Waals surface area contributed by atoms with E-state index in [0.29, 0.717) is 11.6 Å². The van der Waals surface area contributed by atoms with E-state index in [1.165, 1.54) is 0 Å². The van der Waals surface area contributed by atoms with Crippen LogP contribution in [0.25, 0.3) is 0 Å². The first kappa shape index (κ1) is 11.2. The summed E-state index contributed by atoms with van der Waals surface area (Å²) in [6.07, 6.45) is 3.38. The van der Waals surface area contributed by atoms with Gasteiger partial charge < -0.3 is 15.7 Å². The molecule has 0 spiro atoms. The molecule has 0 saturated carbocycles. The van der Waals surface area contributed by atoms with Crippen molar-refractivity contribution >= 4 is 11.5 Å². The maximum absolute atomic E-state index is 9.82. The Labute approximate surface area is 96.1 Å². The van der Waals surface area contributed by atoms with Crippen LogP contribution in [0.1, 0.15) is 19.8 Å². The molecule has 1 aromatic heterocycles. The zero-order valence-corrected chi connectivity index (χ0v) is 9.63. The van der Waals surface area contributed by atoms with Crippen LogP contribution in [0.15, 0.2) is 18.3 Å². The molecule has 3 N–H and O–H groups in total. The summed E-state index contributed by atoms with van der Waals surface area (Å²) in [5.41, 5.74) is 6.62. The summed E-state index contributed by atoms with van der Waals surface area (Å²) in [5.74, 6) is 1.18. The molecule has 1 fully saturated rings. The zero-order valence-electron chi connectivity index (χ0n) is 9.63. The van der Waals surface area contributed by atoms with Crippen LogP contribution in [-0.2, 0) is 0 Å². The van der Waals surface area contributed by atoms with E-state index in [4.69, 9.17) is 5.73 Å². The van der Waals surface area contributed by atoms with Gasteiger partial charge in [0.15, 0.2) is 5.82 Å². The molecule has 0 amide bonds. The molecule has 2 atom stereocenters. The second kappa shape index (κ2) is 4.70. The summed E-state index contributed by atoms with van der Waals surface area (Å²) in [6, 6.07) is 3.71. The third-order valence-electron chi connectivity index (χ3n) is 3.33. The Morgan fingerprint density at radius 2 is 2.44 bits per heavy atom. The first-order valence-corrected chi connectivity index (χ1v) is 5.86. The summed E-state index contributed by atoms with van der Waals surface area (Å²) in [4.78, 5) is 6.49. The molecule has 1 aliphatic rings. The standard InChI is InChI=1S/C12H19N3O/c1-2-9-8-15(7-5-11(9)16)12-10(13)4-3-6-14-12/h3-4,6,9,11,16H,2,5,7-8,13H2,1H3/t9-,11-/m1/s1. The van der Waals surface area contributed by atoms with Crippen molar-refractivity contribution in [2.45, 2.75) is 25.9 Å². The van der Waals surface area contributed by atoms with Crippen molar-refractivity contribution in [3.05, 3.63) is 18.3 Å². The highest BCUT2D eigenvalue weighted by atomic mass is 16.3. The molecule has 88 valence electrons. The van der Waals surface area contributed by atoms with E-state index in [0.717, 1.165) is 31.7 Å². The lowest BCUT2D eigenvalue weighted by molar-refractivity contribution is 0.0858. The third-order valence-corrected chi connectivity index (χ3v) is 3.33. The molecule has 2 heterocycles. The maximum atomic E-state index is 9.82. The third kappa shape index (κ3) is 2.11. The number of nitrogens with zero attached hydrogens (tertiary/aromatic N) is 2. The van der Waals surface area contributed by atoms with E-state index < -0.39 is 0 Å². The van der Waals surface area contributed by atoms with Crippen molar-refractivity contribution in [3.63, 3.8) is 0 Å². The van der Waals surface area contributed by atoms with Crippen molar-refractivity contribution in [1.29, 1.82) is 0 Å². The molecule has 0 bridgehead atoms. The first-order valence-electron chi connectivity index (χ1n) is 5.86. The van der Waals surface area contributed by atoms with Gasteiger partial charge in [-0.15, -0.1) is 0 Å². The minimum absolute atomic E-state index is 0.175. The number of nitrogens with two attached hydrogens (primary N) is 1. The molecule has 0 unspecified atom stereocenters. The van der Waals surface area contributed by atoms with Gasteiger partial charge in [-0.3, -0.25) is 0 Å². The molecule has 1 aliphatic heterocycles. The number of aliphatic hydroxyl groups is 1. The van der Waals surface area contributed by atoms with Gasteiger partial charge in [-0.2, -0.15) is 0 Å². The van der Waals surface area contributed by atoms with Crippen LogP contribution >= 0.6 is 0 Å². The first-order chi connectivity index (χ1) is 7.72. The minimum atomic E-state index is -0.175. The Bertz CT molecular complexity index is 356. The number of nitrogen functional groups attached to an aromatic ring is 1. The lowest BCUT2D eigenvalue weighted by Crippen LogP contribution is -2.43. The number of aromatic nitrogens is 1. The summed E-state index contributed by atoms with van der Waals surface area (Å²) < 4.78 is 0. The molecule has 0 aliphatic carbocycles. The van der Waals surface area contributed by atoms with E-state index in [-0.39, 0.29) is 6.10 Å². The predicted octanol–water partition coefficient (Wildman–Crippen LogP) is 1.26. The summed E-state index contributed by atoms with van der Waals surface area (Å²) in [6.45, 7) is 3.79. The summed E-state index contributed by atoms with van der Waals surface area (Å²) in [7, 11) is 0. The van der Waals surface area contributed by atoms with Crippen LogP contribution < -0.4 is 10.6 Å². The molecule has 1 saturated heterocycles. The SMILES string of the molecule is CC[C@@H]1CN(c2ncccc2N)CC[C@H]1O. The van der Waals surface area contributed by atoms with E-state index >= 15 is 0 Å². The van der Waals surface area contributed by atoms with Crippen LogP contribution in [0.4, 0.5) is 11.5 Å². The van der Waals surface area contributed by atoms with Crippen LogP contribution in [0.3, 0.4) is 0 Å². The van der Waals surface area contributed by atoms with E-state index in [9.17, 15) is 5.11 Å². The molecular formula is C12H19N3O. The van der Waals surface area contributed by atoms with Gasteiger partial charge >= 0.3 is 0 Å². The Morgan fingerprint density at radius 3 is 3.12 bits per heavy atom. The predicted molar refractivity (Wildman–Crippen MR) is 65.3 cm³/mol. The molecule has 2 rings (SSSR count). The monoisotopic (exact) mass is 221 g/mol. The summed E-state index contributed by atoms with van der Waals surface area (Å²) >= 11 is 0. The van der Waals surface area contributed by atoms with Gasteiger partial charge in [0.25, 0.3) is 0 Å². The fourth-order valence-corrected chi connectivity index (χ4v) is 2.29. The largest absolute Gasteiger partial charge is 0.396 e. The molecule has 16 heavy (non-hydrogen) atoms. The number of hydrogen-bond acceptors (Lipinski definition) is 4. The number of aliphatic hydroxyl groups excluding tert-OH is 1. The fraction of sp³-hybridized carbons (Fsp3) is 0.583. The number of rotatable bonds is 2. The van der Waals surface area contributed by atoms with E-state index in [2.05, 4.69) is 16.8 Å². The highest BCUT2D eigenvalue weighted by molar-refractivity contribution is 5.62. The lowest BCUT2D eigenvalue weighted by Gasteiger charge is -2.36. The number of hydrogen-bond donors (Lipinski definition) is 2. The Hall–Kier alpha value is -1.29. The topological polar surface area (TPSA) is 62.4 Å². The highest BCUT2D eigenvalue weighted by Gasteiger charge is 2.27. The van der Waals surface area contributed by atoms with E-state index in [1.54, 1.807) is 6.20 Å². The average molecular weight is 221 g/mol. The average Bonchev–Trinajstić information content (AvgIpc) is 2.31. The van der Waals surface area contributed by atoms with Gasteiger partial charge in [0.05, 0.1) is 11.8 Å². The van der Waals surface area contributed by atoms with Gasteiger partial charge in [0.1, 0.15) is 0 Å². The molecule has 0 radical (unpaired) electrons. The van der Waals surface area contributed by atoms with Crippen molar-refractivity contribution in [3.8, 4) is 0 Å². The van der Waals surface area contributed by atoms with Crippen molar-refractivity contribution in [2.75, 3.05) is 23.7 Å². The second-order valence-corrected chi connectivity index (χ2v) is 4.39. The maximum Gasteiger partial charge on any atom is 0.151 e. The van der Waals surface area contributed by atoms with Crippen molar-refractivity contribution in [1.82, 2.24) is 4.98 Å². The Kier molecular flexibility index (Phi) is 3.29. The second-order valence-electron chi connectivity index (χ2n) is 4.39. The van der Waals surface area contributed by atoms with Crippen molar-refractivity contribution < 1.29 is 5.11 Å². The Morgan fingerprint density at radius 1 is 1.62 bits per heavy atom. The fourth-order valence-electron chi connectivity index (χ4n) is 2.29. The minimum Gasteiger partial charge on any atom is -0.396 e. The molecular weight excluding hydrogens is 202 g/mol. The molecule has 1 aromatic rings. The van der Waals surface area contributed by atoms with Crippen LogP contribution in [-0.4, -0.2) is 29.3 Å². The van der Waals surface area contributed by atoms with Gasteiger partial charge in [-0.25, -0.2) is 4.98 Å². The normalized spacial score (nSPS) is 25.8. The van der Waals surface area contributed by atoms with Gasteiger partial charge in [-0.1, -0.05) is 6.92 Å². The smallest absolute Gasteiger partial charge is 0.151 e. The highest BCUT2D eigenvalue weighted by Crippen LogP contribution is 2.27. The quantitative estimate of drug-likeness (QED) is 0.789. The molecule has 4 nitrogen and oxygen atoms in total. The number of anilines is 2. The van der Waals surface area contributed by atoms with E-state index in [1.807, 2.05) is 12.1 Å². The van der Waals surface area contributed by atoms with Crippen LogP contribution in [0, 0.1) is 5.92 Å². The Balaban J connectivity index is 2.14. The number of piperidine rings is 1. The van der Waals surface area contributed by atoms with Gasteiger partial charge in [0, 0.05) is 25.2 Å². The van der Waals surface area contributed by atoms with Gasteiger partial charge in [0.2, 0.25) is 0 Å². The van der Waals surface area contributed by atoms with Crippen molar-refractivity contribution in [2.24, 2.45) is 5.92 Å². The molecule has 4 heteroatoms. The van der Waals surface area contributed by atoms with Crippen LogP contribution in [0.2, 0.25) is 0 Å². The summed E-state index contributed by atoms with van der Waals surface area (Å²) in [5, 5.41) is 9.82. The van der Waals surface area contributed by atoms with Crippen LogP contribution in [0.5, 0.6) is 0 Å². The number of pyridine rings is 1. The zero-order chi connectivity index (χ0) is 11.5.